The summed E-state index contributed by atoms with van der Waals surface area (Å²) in [5.74, 6) is 1.36. The van der Waals surface area contributed by atoms with Gasteiger partial charge >= 0.3 is 5.97 Å². The lowest BCUT2D eigenvalue weighted by Crippen LogP contribution is -2.04. The largest absolute Gasteiger partial charge is 0.497 e. The fourth-order valence-corrected chi connectivity index (χ4v) is 2.38. The SMILES string of the molecule is CCOC(=O)c1cc(-c2ccccc2OCc2ccc(OC)cc2)on1. The van der Waals surface area contributed by atoms with Gasteiger partial charge in [-0.15, -0.1) is 0 Å². The second-order valence-corrected chi connectivity index (χ2v) is 5.43. The molecule has 1 heterocycles. The van der Waals surface area contributed by atoms with Crippen LogP contribution in [0.25, 0.3) is 11.3 Å². The number of nitrogens with zero attached hydrogens (tertiary/aromatic N) is 1. The minimum absolute atomic E-state index is 0.131. The Morgan fingerprint density at radius 2 is 1.88 bits per heavy atom. The Morgan fingerprint density at radius 3 is 2.62 bits per heavy atom. The van der Waals surface area contributed by atoms with Crippen LogP contribution in [0.5, 0.6) is 11.5 Å². The molecule has 0 unspecified atom stereocenters. The molecule has 0 aliphatic carbocycles. The summed E-state index contributed by atoms with van der Waals surface area (Å²) in [6, 6.07) is 16.6. The monoisotopic (exact) mass is 353 g/mol. The third-order valence-electron chi connectivity index (χ3n) is 3.70. The van der Waals surface area contributed by atoms with Crippen LogP contribution in [-0.4, -0.2) is 24.8 Å². The minimum atomic E-state index is -0.515. The summed E-state index contributed by atoms with van der Waals surface area (Å²) in [5.41, 5.74) is 1.85. The molecule has 2 aromatic carbocycles. The van der Waals surface area contributed by atoms with Gasteiger partial charge in [-0.3, -0.25) is 0 Å². The summed E-state index contributed by atoms with van der Waals surface area (Å²) >= 11 is 0. The number of carbonyl (C=O) groups is 1. The van der Waals surface area contributed by atoms with Crippen LogP contribution < -0.4 is 9.47 Å². The Labute approximate surface area is 151 Å². The lowest BCUT2D eigenvalue weighted by atomic mass is 10.1. The number of hydrogen-bond acceptors (Lipinski definition) is 6. The lowest BCUT2D eigenvalue weighted by Gasteiger charge is -2.10. The molecule has 0 spiro atoms. The van der Waals surface area contributed by atoms with Crippen molar-refractivity contribution in [1.82, 2.24) is 5.16 Å². The summed E-state index contributed by atoms with van der Waals surface area (Å²) in [5, 5.41) is 3.77. The van der Waals surface area contributed by atoms with Crippen molar-refractivity contribution < 1.29 is 23.5 Å². The third-order valence-corrected chi connectivity index (χ3v) is 3.70. The van der Waals surface area contributed by atoms with Gasteiger partial charge in [0.05, 0.1) is 19.3 Å². The lowest BCUT2D eigenvalue weighted by molar-refractivity contribution is 0.0514. The number of ether oxygens (including phenoxy) is 3. The van der Waals surface area contributed by atoms with E-state index < -0.39 is 5.97 Å². The predicted molar refractivity (Wildman–Crippen MR) is 95.2 cm³/mol. The zero-order valence-electron chi connectivity index (χ0n) is 14.6. The van der Waals surface area contributed by atoms with Gasteiger partial charge in [-0.2, -0.15) is 0 Å². The maximum absolute atomic E-state index is 11.8. The highest BCUT2D eigenvalue weighted by Gasteiger charge is 2.17. The molecule has 3 rings (SSSR count). The first-order chi connectivity index (χ1) is 12.7. The number of hydrogen-bond donors (Lipinski definition) is 0. The van der Waals surface area contributed by atoms with Gasteiger partial charge in [0.25, 0.3) is 0 Å². The number of aromatic nitrogens is 1. The molecule has 6 nitrogen and oxygen atoms in total. The van der Waals surface area contributed by atoms with Crippen LogP contribution in [0.3, 0.4) is 0 Å². The first kappa shape index (κ1) is 17.5. The van der Waals surface area contributed by atoms with Crippen molar-refractivity contribution in [2.75, 3.05) is 13.7 Å². The molecule has 0 radical (unpaired) electrons. The summed E-state index contributed by atoms with van der Waals surface area (Å²) < 4.78 is 21.3. The standard InChI is InChI=1S/C20H19NO5/c1-3-24-20(22)17-12-19(26-21-17)16-6-4-5-7-18(16)25-13-14-8-10-15(23-2)11-9-14/h4-12H,3,13H2,1-2H3. The highest BCUT2D eigenvalue weighted by molar-refractivity contribution is 5.88. The Kier molecular flexibility index (Phi) is 5.53. The minimum Gasteiger partial charge on any atom is -0.497 e. The van der Waals surface area contributed by atoms with E-state index in [2.05, 4.69) is 5.16 Å². The molecule has 1 aromatic heterocycles. The van der Waals surface area contributed by atoms with E-state index in [9.17, 15) is 4.79 Å². The van der Waals surface area contributed by atoms with Crippen molar-refractivity contribution in [3.8, 4) is 22.8 Å². The van der Waals surface area contributed by atoms with Gasteiger partial charge < -0.3 is 18.7 Å². The van der Waals surface area contributed by atoms with Gasteiger partial charge in [0, 0.05) is 6.07 Å². The molecule has 0 bridgehead atoms. The number of para-hydroxylation sites is 1. The molecule has 134 valence electrons. The van der Waals surface area contributed by atoms with Crippen molar-refractivity contribution in [1.29, 1.82) is 0 Å². The van der Waals surface area contributed by atoms with Gasteiger partial charge in [-0.1, -0.05) is 29.4 Å². The second-order valence-electron chi connectivity index (χ2n) is 5.43. The maximum Gasteiger partial charge on any atom is 0.360 e. The van der Waals surface area contributed by atoms with E-state index in [1.807, 2.05) is 48.5 Å². The van der Waals surface area contributed by atoms with E-state index in [0.717, 1.165) is 11.3 Å². The molecule has 0 aliphatic rings. The predicted octanol–water partition coefficient (Wildman–Crippen LogP) is 4.11. The van der Waals surface area contributed by atoms with Gasteiger partial charge in [0.1, 0.15) is 18.1 Å². The van der Waals surface area contributed by atoms with E-state index in [4.69, 9.17) is 18.7 Å². The van der Waals surface area contributed by atoms with Crippen LogP contribution in [0.4, 0.5) is 0 Å². The van der Waals surface area contributed by atoms with Crippen molar-refractivity contribution >= 4 is 5.97 Å². The molecular weight excluding hydrogens is 334 g/mol. The van der Waals surface area contributed by atoms with Crippen molar-refractivity contribution in [3.63, 3.8) is 0 Å². The maximum atomic E-state index is 11.8. The van der Waals surface area contributed by atoms with Crippen LogP contribution in [0, 0.1) is 0 Å². The zero-order chi connectivity index (χ0) is 18.4. The summed E-state index contributed by atoms with van der Waals surface area (Å²) in [6.07, 6.45) is 0. The molecule has 0 N–H and O–H groups in total. The molecule has 0 saturated carbocycles. The quantitative estimate of drug-likeness (QED) is 0.596. The molecule has 0 saturated heterocycles. The number of carbonyl (C=O) groups excluding carboxylic acids is 1. The molecule has 0 fully saturated rings. The molecule has 6 heteroatoms. The summed E-state index contributed by atoms with van der Waals surface area (Å²) in [7, 11) is 1.63. The van der Waals surface area contributed by atoms with E-state index in [-0.39, 0.29) is 12.3 Å². The average Bonchev–Trinajstić information content (AvgIpc) is 3.17. The molecule has 0 atom stereocenters. The van der Waals surface area contributed by atoms with Crippen LogP contribution in [-0.2, 0) is 11.3 Å². The topological polar surface area (TPSA) is 70.8 Å². The number of esters is 1. The van der Waals surface area contributed by atoms with E-state index in [1.165, 1.54) is 0 Å². The smallest absolute Gasteiger partial charge is 0.360 e. The fraction of sp³-hybridized carbons (Fsp3) is 0.200. The van der Waals surface area contributed by atoms with E-state index in [1.54, 1.807) is 20.1 Å². The van der Waals surface area contributed by atoms with Crippen molar-refractivity contribution in [2.45, 2.75) is 13.5 Å². The average molecular weight is 353 g/mol. The van der Waals surface area contributed by atoms with Crippen LogP contribution in [0.2, 0.25) is 0 Å². The summed E-state index contributed by atoms with van der Waals surface area (Å²) in [4.78, 5) is 11.8. The van der Waals surface area contributed by atoms with Crippen LogP contribution in [0.1, 0.15) is 23.0 Å². The Balaban J connectivity index is 1.76. The zero-order valence-corrected chi connectivity index (χ0v) is 14.6. The molecule has 0 aliphatic heterocycles. The number of rotatable bonds is 7. The van der Waals surface area contributed by atoms with Gasteiger partial charge in [-0.25, -0.2) is 4.79 Å². The van der Waals surface area contributed by atoms with E-state index in [0.29, 0.717) is 23.7 Å². The normalized spacial score (nSPS) is 10.4. The van der Waals surface area contributed by atoms with Gasteiger partial charge in [0.2, 0.25) is 0 Å². The highest BCUT2D eigenvalue weighted by atomic mass is 16.5. The molecule has 3 aromatic rings. The third kappa shape index (κ3) is 4.03. The Hall–Kier alpha value is -3.28. The Bertz CT molecular complexity index is 870. The number of methoxy groups -OCH3 is 1. The molecular formula is C20H19NO5. The highest BCUT2D eigenvalue weighted by Crippen LogP contribution is 2.31. The van der Waals surface area contributed by atoms with Gasteiger partial charge in [-0.05, 0) is 36.8 Å². The number of benzene rings is 2. The molecule has 0 amide bonds. The Morgan fingerprint density at radius 1 is 1.12 bits per heavy atom. The first-order valence-corrected chi connectivity index (χ1v) is 8.20. The van der Waals surface area contributed by atoms with Crippen molar-refractivity contribution in [2.24, 2.45) is 0 Å². The van der Waals surface area contributed by atoms with Crippen LogP contribution in [0.15, 0.2) is 59.1 Å². The molecule has 26 heavy (non-hydrogen) atoms. The fourth-order valence-electron chi connectivity index (χ4n) is 2.38. The second kappa shape index (κ2) is 8.20. The summed E-state index contributed by atoms with van der Waals surface area (Å²) in [6.45, 7) is 2.41. The first-order valence-electron chi connectivity index (χ1n) is 8.20. The van der Waals surface area contributed by atoms with E-state index >= 15 is 0 Å². The van der Waals surface area contributed by atoms with Crippen LogP contribution >= 0.6 is 0 Å². The van der Waals surface area contributed by atoms with Crippen molar-refractivity contribution in [3.05, 3.63) is 65.9 Å². The van der Waals surface area contributed by atoms with Gasteiger partial charge in [0.15, 0.2) is 11.5 Å².